The van der Waals surface area contributed by atoms with Gasteiger partial charge in [0.15, 0.2) is 0 Å². The predicted molar refractivity (Wildman–Crippen MR) is 76.2 cm³/mol. The molecule has 3 aliphatic rings. The van der Waals surface area contributed by atoms with Crippen LogP contribution in [-0.2, 0) is 9.47 Å². The van der Waals surface area contributed by atoms with Crippen LogP contribution >= 0.6 is 15.9 Å². The molecule has 3 unspecified atom stereocenters. The van der Waals surface area contributed by atoms with Crippen molar-refractivity contribution < 1.29 is 9.47 Å². The summed E-state index contributed by atoms with van der Waals surface area (Å²) in [7, 11) is 0. The molecule has 3 heteroatoms. The Hall–Kier alpha value is 0.400. The van der Waals surface area contributed by atoms with Crippen molar-refractivity contribution >= 4 is 15.9 Å². The quantitative estimate of drug-likeness (QED) is 0.731. The molecule has 2 nitrogen and oxygen atoms in total. The van der Waals surface area contributed by atoms with E-state index < -0.39 is 0 Å². The van der Waals surface area contributed by atoms with Crippen LogP contribution in [0, 0.1) is 5.41 Å². The van der Waals surface area contributed by atoms with E-state index in [0.717, 1.165) is 11.9 Å². The summed E-state index contributed by atoms with van der Waals surface area (Å²) in [6.45, 7) is 3.15. The Kier molecular flexibility index (Phi) is 3.77. The van der Waals surface area contributed by atoms with Crippen molar-refractivity contribution in [1.82, 2.24) is 0 Å². The number of ether oxygens (including phenoxy) is 2. The third-order valence-electron chi connectivity index (χ3n) is 5.58. The minimum atomic E-state index is 0.279. The van der Waals surface area contributed by atoms with Crippen molar-refractivity contribution in [2.45, 2.75) is 76.1 Å². The Morgan fingerprint density at radius 2 is 1.94 bits per heavy atom. The zero-order valence-corrected chi connectivity index (χ0v) is 13.0. The van der Waals surface area contributed by atoms with Crippen LogP contribution in [0.2, 0.25) is 0 Å². The standard InChI is InChI=1S/C15H25BrO2/c1-12-14(11-16,8-9-17-12)10-13-4-7-15(18-13)5-2-3-6-15/h12-13H,2-11H2,1H3. The van der Waals surface area contributed by atoms with Crippen molar-refractivity contribution in [3.05, 3.63) is 0 Å². The van der Waals surface area contributed by atoms with Gasteiger partial charge in [-0.2, -0.15) is 0 Å². The Balaban J connectivity index is 1.63. The highest BCUT2D eigenvalue weighted by Crippen LogP contribution is 2.48. The van der Waals surface area contributed by atoms with Gasteiger partial charge in [-0.25, -0.2) is 0 Å². The molecule has 1 aliphatic carbocycles. The number of rotatable bonds is 3. The lowest BCUT2D eigenvalue weighted by Gasteiger charge is -2.33. The normalized spacial score (nSPS) is 43.0. The van der Waals surface area contributed by atoms with Gasteiger partial charge in [-0.15, -0.1) is 0 Å². The van der Waals surface area contributed by atoms with Crippen molar-refractivity contribution in [1.29, 1.82) is 0 Å². The molecule has 1 spiro atoms. The fraction of sp³-hybridized carbons (Fsp3) is 1.00. The first-order chi connectivity index (χ1) is 8.68. The minimum Gasteiger partial charge on any atom is -0.378 e. The summed E-state index contributed by atoms with van der Waals surface area (Å²) in [4.78, 5) is 0. The molecule has 1 saturated carbocycles. The molecular weight excluding hydrogens is 292 g/mol. The highest BCUT2D eigenvalue weighted by Gasteiger charge is 2.47. The molecule has 2 saturated heterocycles. The average Bonchev–Trinajstić information content (AvgIpc) is 3.06. The Bertz CT molecular complexity index is 301. The molecule has 18 heavy (non-hydrogen) atoms. The van der Waals surface area contributed by atoms with Crippen LogP contribution in [-0.4, -0.2) is 29.7 Å². The van der Waals surface area contributed by atoms with Crippen molar-refractivity contribution in [3.8, 4) is 0 Å². The van der Waals surface area contributed by atoms with Crippen LogP contribution in [0.15, 0.2) is 0 Å². The van der Waals surface area contributed by atoms with E-state index in [2.05, 4.69) is 22.9 Å². The van der Waals surface area contributed by atoms with Crippen LogP contribution in [0.1, 0.15) is 58.3 Å². The average molecular weight is 317 g/mol. The van der Waals surface area contributed by atoms with Crippen LogP contribution in [0.25, 0.3) is 0 Å². The Morgan fingerprint density at radius 3 is 2.56 bits per heavy atom. The number of halogens is 1. The monoisotopic (exact) mass is 316 g/mol. The smallest absolute Gasteiger partial charge is 0.0687 e. The Morgan fingerprint density at radius 1 is 1.17 bits per heavy atom. The van der Waals surface area contributed by atoms with E-state index in [1.54, 1.807) is 0 Å². The van der Waals surface area contributed by atoms with Gasteiger partial charge in [-0.1, -0.05) is 28.8 Å². The molecule has 0 aromatic carbocycles. The SMILES string of the molecule is CC1OCCC1(CBr)CC1CCC2(CCCC2)O1. The maximum atomic E-state index is 6.47. The fourth-order valence-electron chi connectivity index (χ4n) is 4.20. The molecule has 0 radical (unpaired) electrons. The second-order valence-corrected chi connectivity index (χ2v) is 7.19. The summed E-state index contributed by atoms with van der Waals surface area (Å²) in [6, 6.07) is 0. The van der Waals surface area contributed by atoms with Gasteiger partial charge in [0.25, 0.3) is 0 Å². The first-order valence-corrected chi connectivity index (χ1v) is 8.66. The van der Waals surface area contributed by atoms with Gasteiger partial charge in [-0.05, 0) is 45.4 Å². The topological polar surface area (TPSA) is 18.5 Å². The van der Waals surface area contributed by atoms with Crippen LogP contribution in [0.5, 0.6) is 0 Å². The fourth-order valence-corrected chi connectivity index (χ4v) is 5.16. The van der Waals surface area contributed by atoms with E-state index >= 15 is 0 Å². The lowest BCUT2D eigenvalue weighted by Crippen LogP contribution is -2.35. The second-order valence-electron chi connectivity index (χ2n) is 6.63. The highest BCUT2D eigenvalue weighted by atomic mass is 79.9. The molecule has 0 bridgehead atoms. The summed E-state index contributed by atoms with van der Waals surface area (Å²) >= 11 is 3.72. The minimum absolute atomic E-state index is 0.279. The van der Waals surface area contributed by atoms with Gasteiger partial charge in [0, 0.05) is 17.4 Å². The number of hydrogen-bond acceptors (Lipinski definition) is 2. The number of hydrogen-bond donors (Lipinski definition) is 0. The number of alkyl halides is 1. The summed E-state index contributed by atoms with van der Waals surface area (Å²) in [6.07, 6.45) is 11.1. The predicted octanol–water partition coefficient (Wildman–Crippen LogP) is 4.06. The first kappa shape index (κ1) is 13.4. The van der Waals surface area contributed by atoms with Crippen LogP contribution in [0.3, 0.4) is 0 Å². The second kappa shape index (κ2) is 5.06. The molecule has 3 fully saturated rings. The van der Waals surface area contributed by atoms with Gasteiger partial charge in [-0.3, -0.25) is 0 Å². The van der Waals surface area contributed by atoms with Crippen molar-refractivity contribution in [3.63, 3.8) is 0 Å². The van der Waals surface area contributed by atoms with Gasteiger partial charge < -0.3 is 9.47 Å². The van der Waals surface area contributed by atoms with E-state index in [1.165, 1.54) is 51.4 Å². The molecule has 104 valence electrons. The maximum Gasteiger partial charge on any atom is 0.0687 e. The van der Waals surface area contributed by atoms with Crippen molar-refractivity contribution in [2.75, 3.05) is 11.9 Å². The van der Waals surface area contributed by atoms with E-state index in [9.17, 15) is 0 Å². The molecule has 2 heterocycles. The summed E-state index contributed by atoms with van der Waals surface area (Å²) in [5.41, 5.74) is 0.593. The Labute approximate surface area is 119 Å². The van der Waals surface area contributed by atoms with Gasteiger partial charge in [0.05, 0.1) is 17.8 Å². The largest absolute Gasteiger partial charge is 0.378 e. The molecular formula is C15H25BrO2. The third-order valence-corrected chi connectivity index (χ3v) is 6.70. The molecule has 3 rings (SSSR count). The van der Waals surface area contributed by atoms with E-state index in [0.29, 0.717) is 17.6 Å². The summed E-state index contributed by atoms with van der Waals surface area (Å²) in [5.74, 6) is 0. The summed E-state index contributed by atoms with van der Waals surface area (Å²) in [5, 5.41) is 1.05. The molecule has 0 aromatic heterocycles. The maximum absolute atomic E-state index is 6.47. The zero-order valence-electron chi connectivity index (χ0n) is 11.4. The van der Waals surface area contributed by atoms with Crippen LogP contribution < -0.4 is 0 Å². The van der Waals surface area contributed by atoms with Crippen molar-refractivity contribution in [2.24, 2.45) is 5.41 Å². The molecule has 2 aliphatic heterocycles. The highest BCUT2D eigenvalue weighted by molar-refractivity contribution is 9.09. The van der Waals surface area contributed by atoms with Gasteiger partial charge in [0.1, 0.15) is 0 Å². The van der Waals surface area contributed by atoms with E-state index in [1.807, 2.05) is 0 Å². The van der Waals surface area contributed by atoms with E-state index in [-0.39, 0.29) is 5.60 Å². The van der Waals surface area contributed by atoms with Gasteiger partial charge in [0.2, 0.25) is 0 Å². The molecule has 0 amide bonds. The third kappa shape index (κ3) is 2.27. The van der Waals surface area contributed by atoms with Gasteiger partial charge >= 0.3 is 0 Å². The lowest BCUT2D eigenvalue weighted by molar-refractivity contribution is -0.0579. The van der Waals surface area contributed by atoms with Crippen LogP contribution in [0.4, 0.5) is 0 Å². The summed E-state index contributed by atoms with van der Waals surface area (Å²) < 4.78 is 12.3. The van der Waals surface area contributed by atoms with E-state index in [4.69, 9.17) is 9.47 Å². The molecule has 0 N–H and O–H groups in total. The lowest BCUT2D eigenvalue weighted by atomic mass is 9.78. The molecule has 3 atom stereocenters. The zero-order chi connectivity index (χ0) is 12.6. The first-order valence-electron chi connectivity index (χ1n) is 7.54. The molecule has 0 aromatic rings.